The number of carbonyl (C=O) groups is 1. The van der Waals surface area contributed by atoms with Crippen LogP contribution in [0.2, 0.25) is 5.02 Å². The molecule has 0 bridgehead atoms. The molecule has 0 radical (unpaired) electrons. The zero-order valence-corrected chi connectivity index (χ0v) is 19.6. The van der Waals surface area contributed by atoms with Crippen molar-refractivity contribution in [3.63, 3.8) is 0 Å². The van der Waals surface area contributed by atoms with Gasteiger partial charge >= 0.3 is 0 Å². The Morgan fingerprint density at radius 3 is 2.89 bits per heavy atom. The number of nitrogens with one attached hydrogen (secondary N) is 3. The van der Waals surface area contributed by atoms with Crippen molar-refractivity contribution in [2.75, 3.05) is 30.4 Å². The lowest BCUT2D eigenvalue weighted by Crippen LogP contribution is -2.18. The Morgan fingerprint density at radius 1 is 1.23 bits per heavy atom. The summed E-state index contributed by atoms with van der Waals surface area (Å²) in [6.45, 7) is 1.76. The van der Waals surface area contributed by atoms with Gasteiger partial charge in [-0.1, -0.05) is 17.7 Å². The highest BCUT2D eigenvalue weighted by atomic mass is 35.5. The van der Waals surface area contributed by atoms with Gasteiger partial charge in [0.2, 0.25) is 5.91 Å². The molecule has 1 saturated carbocycles. The van der Waals surface area contributed by atoms with Crippen LogP contribution >= 0.6 is 11.6 Å². The predicted molar refractivity (Wildman–Crippen MR) is 133 cm³/mol. The van der Waals surface area contributed by atoms with Crippen LogP contribution in [-0.2, 0) is 9.53 Å². The number of carbonyl (C=O) groups excluding carboxylic acids is 1. The summed E-state index contributed by atoms with van der Waals surface area (Å²) in [4.78, 5) is 21.3. The number of hydrogen-bond acceptors (Lipinski definition) is 7. The first-order valence-electron chi connectivity index (χ1n) is 11.5. The molecule has 1 aromatic heterocycles. The average molecular weight is 498 g/mol. The number of halogens is 2. The van der Waals surface area contributed by atoms with Crippen molar-refractivity contribution >= 4 is 45.6 Å². The first kappa shape index (κ1) is 23.5. The SMILES string of the molecule is O=C(/C=C/CNC1CC1)Nc1cc2c(Nc3ccc(F)c(Cl)c3)ncnc2cc1O[C@H]1CCOC1. The molecule has 0 unspecified atom stereocenters. The Balaban J connectivity index is 1.43. The average Bonchev–Trinajstić information content (AvgIpc) is 3.53. The zero-order chi connectivity index (χ0) is 24.2. The molecule has 182 valence electrons. The van der Waals surface area contributed by atoms with Gasteiger partial charge in [0, 0.05) is 42.2 Å². The zero-order valence-electron chi connectivity index (χ0n) is 18.9. The lowest BCUT2D eigenvalue weighted by molar-refractivity contribution is -0.111. The third-order valence-corrected chi connectivity index (χ3v) is 6.02. The van der Waals surface area contributed by atoms with E-state index in [2.05, 4.69) is 25.9 Å². The van der Waals surface area contributed by atoms with Crippen LogP contribution in [0.5, 0.6) is 5.75 Å². The van der Waals surface area contributed by atoms with E-state index in [1.807, 2.05) is 0 Å². The van der Waals surface area contributed by atoms with Gasteiger partial charge in [0.1, 0.15) is 29.8 Å². The molecule has 3 aromatic rings. The number of aromatic nitrogens is 2. The van der Waals surface area contributed by atoms with E-state index in [1.54, 1.807) is 24.3 Å². The molecular weight excluding hydrogens is 473 g/mol. The molecule has 1 amide bonds. The molecule has 2 aliphatic rings. The van der Waals surface area contributed by atoms with Crippen LogP contribution in [0.1, 0.15) is 19.3 Å². The van der Waals surface area contributed by atoms with E-state index in [9.17, 15) is 9.18 Å². The second kappa shape index (κ2) is 10.6. The maximum absolute atomic E-state index is 13.6. The lowest BCUT2D eigenvalue weighted by atomic mass is 10.1. The van der Waals surface area contributed by atoms with E-state index >= 15 is 0 Å². The molecule has 5 rings (SSSR count). The molecule has 35 heavy (non-hydrogen) atoms. The lowest BCUT2D eigenvalue weighted by Gasteiger charge is -2.17. The van der Waals surface area contributed by atoms with E-state index in [0.717, 1.165) is 6.42 Å². The maximum atomic E-state index is 13.6. The number of nitrogens with zero attached hydrogens (tertiary/aromatic N) is 2. The standard InChI is InChI=1S/C25H25ClFN5O3/c26-19-10-16(5-6-20(19)27)31-25-18-11-22(32-24(33)2-1-8-28-15-3-4-15)23(12-21(18)29-14-30-25)35-17-7-9-34-13-17/h1-2,5-6,10-12,14-15,17,28H,3-4,7-9,13H2,(H,32,33)(H,29,30,31)/b2-1+/t17-/m0/s1. The molecule has 1 atom stereocenters. The summed E-state index contributed by atoms with van der Waals surface area (Å²) in [5.74, 6) is 0.201. The molecule has 1 saturated heterocycles. The Hall–Kier alpha value is -3.27. The van der Waals surface area contributed by atoms with Gasteiger partial charge in [0.05, 0.1) is 29.4 Å². The summed E-state index contributed by atoms with van der Waals surface area (Å²) in [5.41, 5.74) is 1.67. The minimum atomic E-state index is -0.507. The fourth-order valence-electron chi connectivity index (χ4n) is 3.74. The van der Waals surface area contributed by atoms with Crippen LogP contribution in [0.25, 0.3) is 10.9 Å². The monoisotopic (exact) mass is 497 g/mol. The smallest absolute Gasteiger partial charge is 0.248 e. The molecule has 2 heterocycles. The highest BCUT2D eigenvalue weighted by Gasteiger charge is 2.21. The highest BCUT2D eigenvalue weighted by molar-refractivity contribution is 6.31. The van der Waals surface area contributed by atoms with Gasteiger partial charge in [-0.15, -0.1) is 0 Å². The normalized spacial score (nSPS) is 17.7. The van der Waals surface area contributed by atoms with E-state index in [-0.39, 0.29) is 17.0 Å². The fourth-order valence-corrected chi connectivity index (χ4v) is 3.92. The first-order valence-corrected chi connectivity index (χ1v) is 11.9. The largest absolute Gasteiger partial charge is 0.486 e. The van der Waals surface area contributed by atoms with Gasteiger partial charge in [0.15, 0.2) is 0 Å². The Morgan fingerprint density at radius 2 is 2.11 bits per heavy atom. The van der Waals surface area contributed by atoms with Crippen LogP contribution in [0, 0.1) is 5.82 Å². The van der Waals surface area contributed by atoms with Crippen molar-refractivity contribution in [1.29, 1.82) is 0 Å². The van der Waals surface area contributed by atoms with Crippen molar-refractivity contribution in [2.24, 2.45) is 0 Å². The van der Waals surface area contributed by atoms with E-state index in [4.69, 9.17) is 21.1 Å². The molecule has 8 nitrogen and oxygen atoms in total. The molecule has 0 spiro atoms. The number of ether oxygens (including phenoxy) is 2. The third-order valence-electron chi connectivity index (χ3n) is 5.73. The van der Waals surface area contributed by atoms with Gasteiger partial charge in [-0.3, -0.25) is 4.79 Å². The third kappa shape index (κ3) is 6.05. The van der Waals surface area contributed by atoms with Crippen LogP contribution < -0.4 is 20.7 Å². The topological polar surface area (TPSA) is 97.4 Å². The summed E-state index contributed by atoms with van der Waals surface area (Å²) in [5, 5.41) is 10.0. The number of amides is 1. The second-order valence-corrected chi connectivity index (χ2v) is 8.93. The van der Waals surface area contributed by atoms with Crippen LogP contribution in [0.4, 0.5) is 21.6 Å². The Kier molecular flexibility index (Phi) is 7.08. The van der Waals surface area contributed by atoms with Crippen molar-refractivity contribution in [1.82, 2.24) is 15.3 Å². The predicted octanol–water partition coefficient (Wildman–Crippen LogP) is 4.58. The van der Waals surface area contributed by atoms with Crippen molar-refractivity contribution in [3.05, 3.63) is 59.7 Å². The number of hydrogen-bond donors (Lipinski definition) is 3. The van der Waals surface area contributed by atoms with E-state index in [0.29, 0.717) is 59.6 Å². The Bertz CT molecular complexity index is 1260. The van der Waals surface area contributed by atoms with Crippen molar-refractivity contribution in [2.45, 2.75) is 31.4 Å². The molecule has 2 fully saturated rings. The summed E-state index contributed by atoms with van der Waals surface area (Å²) in [6, 6.07) is 8.42. The van der Waals surface area contributed by atoms with Crippen LogP contribution in [0.15, 0.2) is 48.8 Å². The molecule has 2 aromatic carbocycles. The minimum absolute atomic E-state index is 0.00116. The van der Waals surface area contributed by atoms with Gasteiger partial charge < -0.3 is 25.4 Å². The number of benzene rings is 2. The van der Waals surface area contributed by atoms with E-state index in [1.165, 1.54) is 37.4 Å². The van der Waals surface area contributed by atoms with Crippen LogP contribution in [-0.4, -0.2) is 47.8 Å². The maximum Gasteiger partial charge on any atom is 0.248 e. The second-order valence-electron chi connectivity index (χ2n) is 8.52. The Labute approximate surface area is 206 Å². The first-order chi connectivity index (χ1) is 17.0. The van der Waals surface area contributed by atoms with Crippen molar-refractivity contribution < 1.29 is 18.7 Å². The molecule has 1 aliphatic heterocycles. The summed E-state index contributed by atoms with van der Waals surface area (Å²) in [6.07, 6.45) is 7.75. The molecule has 3 N–H and O–H groups in total. The summed E-state index contributed by atoms with van der Waals surface area (Å²) >= 11 is 5.92. The van der Waals surface area contributed by atoms with Gasteiger partial charge in [0.25, 0.3) is 0 Å². The van der Waals surface area contributed by atoms with Crippen molar-refractivity contribution in [3.8, 4) is 5.75 Å². The van der Waals surface area contributed by atoms with Gasteiger partial charge in [-0.2, -0.15) is 0 Å². The highest BCUT2D eigenvalue weighted by Crippen LogP contribution is 2.35. The van der Waals surface area contributed by atoms with Gasteiger partial charge in [-0.05, 0) is 37.1 Å². The quantitative estimate of drug-likeness (QED) is 0.372. The molecule has 10 heteroatoms. The fraction of sp³-hybridized carbons (Fsp3) is 0.320. The summed E-state index contributed by atoms with van der Waals surface area (Å²) in [7, 11) is 0. The van der Waals surface area contributed by atoms with E-state index < -0.39 is 5.82 Å². The number of anilines is 3. The number of fused-ring (bicyclic) bond motifs is 1. The minimum Gasteiger partial charge on any atom is -0.486 e. The number of rotatable bonds is 9. The molecular formula is C25H25ClFN5O3. The summed E-state index contributed by atoms with van der Waals surface area (Å²) < 4.78 is 25.2. The van der Waals surface area contributed by atoms with Gasteiger partial charge in [-0.25, -0.2) is 14.4 Å². The van der Waals surface area contributed by atoms with Crippen LogP contribution in [0.3, 0.4) is 0 Å². The molecule has 1 aliphatic carbocycles.